The summed E-state index contributed by atoms with van der Waals surface area (Å²) < 4.78 is 6.62. The number of carbonyl (C=O) groups excluding carboxylic acids is 1. The van der Waals surface area contributed by atoms with Crippen LogP contribution in [0.5, 0.6) is 0 Å². The molecule has 0 bridgehead atoms. The molecule has 7 heteroatoms. The second-order valence-electron chi connectivity index (χ2n) is 6.57. The van der Waals surface area contributed by atoms with Crippen molar-refractivity contribution in [3.63, 3.8) is 0 Å². The van der Waals surface area contributed by atoms with Gasteiger partial charge in [-0.1, -0.05) is 48.5 Å². The zero-order valence-electron chi connectivity index (χ0n) is 15.0. The number of nitrogens with one attached hydrogen (secondary N) is 1. The monoisotopic (exact) mass is 563 g/mol. The summed E-state index contributed by atoms with van der Waals surface area (Å²) in [7, 11) is 0. The second-order valence-corrected chi connectivity index (χ2v) is 8.59. The van der Waals surface area contributed by atoms with Crippen molar-refractivity contribution in [2.24, 2.45) is 0 Å². The van der Waals surface area contributed by atoms with Gasteiger partial charge >= 0.3 is 12.1 Å². The molecule has 146 valence electrons. The lowest BCUT2D eigenvalue weighted by Gasteiger charge is -2.15. The Morgan fingerprint density at radius 1 is 1.03 bits per heavy atom. The fourth-order valence-corrected chi connectivity index (χ4v) is 5.24. The van der Waals surface area contributed by atoms with Gasteiger partial charge in [0, 0.05) is 14.0 Å². The maximum absolute atomic E-state index is 12.4. The third-order valence-electron chi connectivity index (χ3n) is 4.86. The molecule has 5 nitrogen and oxygen atoms in total. The Morgan fingerprint density at radius 2 is 1.62 bits per heavy atom. The number of carbonyl (C=O) groups is 2. The summed E-state index contributed by atoms with van der Waals surface area (Å²) >= 11 is 5.30. The van der Waals surface area contributed by atoms with Crippen molar-refractivity contribution in [3.05, 3.63) is 85.4 Å². The van der Waals surface area contributed by atoms with Gasteiger partial charge in [-0.05, 0) is 72.9 Å². The second kappa shape index (κ2) is 8.16. The number of hydrogen-bond acceptors (Lipinski definition) is 3. The smallest absolute Gasteiger partial charge is 0.411 e. The Labute approximate surface area is 189 Å². The van der Waals surface area contributed by atoms with E-state index in [0.29, 0.717) is 13.7 Å². The molecule has 0 fully saturated rings. The van der Waals surface area contributed by atoms with Gasteiger partial charge in [0.05, 0.1) is 11.3 Å². The van der Waals surface area contributed by atoms with Gasteiger partial charge in [0.1, 0.15) is 6.61 Å². The quantitative estimate of drug-likeness (QED) is 0.375. The lowest BCUT2D eigenvalue weighted by Crippen LogP contribution is -2.19. The first kappa shape index (κ1) is 19.9. The van der Waals surface area contributed by atoms with E-state index in [-0.39, 0.29) is 18.1 Å². The fourth-order valence-electron chi connectivity index (χ4n) is 3.55. The van der Waals surface area contributed by atoms with Crippen LogP contribution in [0.1, 0.15) is 27.4 Å². The van der Waals surface area contributed by atoms with Crippen LogP contribution in [0.25, 0.3) is 11.1 Å². The lowest BCUT2D eigenvalue weighted by molar-refractivity contribution is 0.0696. The first-order valence-electron chi connectivity index (χ1n) is 8.80. The van der Waals surface area contributed by atoms with Crippen molar-refractivity contribution in [1.82, 2.24) is 0 Å². The van der Waals surface area contributed by atoms with Crippen LogP contribution in [-0.2, 0) is 4.74 Å². The maximum atomic E-state index is 12.4. The van der Waals surface area contributed by atoms with Gasteiger partial charge in [-0.3, -0.25) is 5.32 Å². The van der Waals surface area contributed by atoms with Crippen molar-refractivity contribution in [3.8, 4) is 11.1 Å². The number of rotatable bonds is 4. The standard InChI is InChI=1S/C22H15BrINO4/c23-18-9-12(21(26)27)10-19(24)20(18)25-22(28)29-11-17-15-7-3-1-5-13(15)14-6-2-4-8-16(14)17/h1-10,17H,11H2,(H,25,28)(H,26,27). The molecule has 1 aliphatic carbocycles. The highest BCUT2D eigenvalue weighted by Gasteiger charge is 2.29. The zero-order valence-corrected chi connectivity index (χ0v) is 18.7. The molecule has 0 radical (unpaired) electrons. The van der Waals surface area contributed by atoms with Gasteiger partial charge in [-0.15, -0.1) is 0 Å². The van der Waals surface area contributed by atoms with Crippen LogP contribution in [0.3, 0.4) is 0 Å². The summed E-state index contributed by atoms with van der Waals surface area (Å²) in [6.45, 7) is 0.210. The molecule has 0 aromatic heterocycles. The molecule has 0 aliphatic heterocycles. The van der Waals surface area contributed by atoms with E-state index in [1.54, 1.807) is 0 Å². The van der Waals surface area contributed by atoms with Crippen LogP contribution >= 0.6 is 38.5 Å². The molecule has 3 aromatic rings. The Morgan fingerprint density at radius 3 is 2.17 bits per heavy atom. The zero-order chi connectivity index (χ0) is 20.5. The van der Waals surface area contributed by atoms with Crippen LogP contribution < -0.4 is 5.32 Å². The summed E-state index contributed by atoms with van der Waals surface area (Å²) in [5, 5.41) is 11.8. The number of aromatic carboxylic acids is 1. The third kappa shape index (κ3) is 3.89. The number of fused-ring (bicyclic) bond motifs is 3. The van der Waals surface area contributed by atoms with Gasteiger partial charge in [0.15, 0.2) is 0 Å². The molecule has 0 atom stereocenters. The predicted octanol–water partition coefficient (Wildman–Crippen LogP) is 6.11. The highest BCUT2D eigenvalue weighted by Crippen LogP contribution is 2.44. The van der Waals surface area contributed by atoms with Crippen molar-refractivity contribution in [2.75, 3.05) is 11.9 Å². The van der Waals surface area contributed by atoms with Crippen molar-refractivity contribution >= 4 is 56.3 Å². The number of hydrogen-bond donors (Lipinski definition) is 2. The van der Waals surface area contributed by atoms with Gasteiger partial charge < -0.3 is 9.84 Å². The third-order valence-corrected chi connectivity index (χ3v) is 6.34. The largest absolute Gasteiger partial charge is 0.478 e. The molecule has 0 saturated heterocycles. The number of carboxylic acids is 1. The molecule has 1 aliphatic rings. The number of ether oxygens (including phenoxy) is 1. The van der Waals surface area contributed by atoms with Crippen molar-refractivity contribution in [1.29, 1.82) is 0 Å². The van der Waals surface area contributed by atoms with E-state index >= 15 is 0 Å². The molecule has 0 unspecified atom stereocenters. The molecule has 0 heterocycles. The summed E-state index contributed by atoms with van der Waals surface area (Å²) in [6, 6.07) is 19.2. The highest BCUT2D eigenvalue weighted by atomic mass is 127. The maximum Gasteiger partial charge on any atom is 0.411 e. The van der Waals surface area contributed by atoms with Crippen LogP contribution in [-0.4, -0.2) is 23.8 Å². The van der Waals surface area contributed by atoms with E-state index in [9.17, 15) is 9.59 Å². The first-order valence-corrected chi connectivity index (χ1v) is 10.7. The number of carboxylic acid groups (broad SMARTS) is 1. The number of amides is 1. The average molecular weight is 564 g/mol. The molecule has 1 amide bonds. The Balaban J connectivity index is 1.51. The minimum absolute atomic E-state index is 0.0231. The minimum Gasteiger partial charge on any atom is -0.478 e. The van der Waals surface area contributed by atoms with E-state index < -0.39 is 12.1 Å². The predicted molar refractivity (Wildman–Crippen MR) is 123 cm³/mol. The van der Waals surface area contributed by atoms with E-state index in [1.165, 1.54) is 23.3 Å². The topological polar surface area (TPSA) is 75.6 Å². The summed E-state index contributed by atoms with van der Waals surface area (Å²) in [4.78, 5) is 23.6. The molecule has 0 saturated carbocycles. The molecule has 29 heavy (non-hydrogen) atoms. The van der Waals surface area contributed by atoms with Crippen molar-refractivity contribution in [2.45, 2.75) is 5.92 Å². The van der Waals surface area contributed by atoms with Crippen LogP contribution in [0.15, 0.2) is 65.1 Å². The Hall–Kier alpha value is -2.39. The van der Waals surface area contributed by atoms with E-state index in [0.717, 1.165) is 11.1 Å². The Kier molecular flexibility index (Phi) is 5.60. The average Bonchev–Trinajstić information content (AvgIpc) is 3.03. The summed E-state index contributed by atoms with van der Waals surface area (Å²) in [5.41, 5.74) is 5.23. The number of halogens is 2. The SMILES string of the molecule is O=C(Nc1c(Br)cc(C(=O)O)cc1I)OCC1c2ccccc2-c2ccccc21. The molecular weight excluding hydrogens is 549 g/mol. The molecule has 3 aromatic carbocycles. The van der Waals surface area contributed by atoms with E-state index in [2.05, 4.69) is 45.5 Å². The Bertz CT molecular complexity index is 1060. The molecule has 4 rings (SSSR count). The van der Waals surface area contributed by atoms with Crippen molar-refractivity contribution < 1.29 is 19.4 Å². The molecule has 2 N–H and O–H groups in total. The van der Waals surface area contributed by atoms with Gasteiger partial charge in [0.2, 0.25) is 0 Å². The van der Waals surface area contributed by atoms with Gasteiger partial charge in [-0.2, -0.15) is 0 Å². The fraction of sp³-hybridized carbons (Fsp3) is 0.0909. The molecular formula is C22H15BrINO4. The van der Waals surface area contributed by atoms with Crippen LogP contribution in [0, 0.1) is 3.57 Å². The number of anilines is 1. The summed E-state index contributed by atoms with van der Waals surface area (Å²) in [6.07, 6.45) is -0.589. The normalized spacial score (nSPS) is 12.2. The van der Waals surface area contributed by atoms with E-state index in [4.69, 9.17) is 9.84 Å². The minimum atomic E-state index is -1.03. The highest BCUT2D eigenvalue weighted by molar-refractivity contribution is 14.1. The summed E-state index contributed by atoms with van der Waals surface area (Å²) in [5.74, 6) is -1.05. The first-order chi connectivity index (χ1) is 14.0. The molecule has 0 spiro atoms. The lowest BCUT2D eigenvalue weighted by atomic mass is 9.98. The van der Waals surface area contributed by atoms with Crippen LogP contribution in [0.2, 0.25) is 0 Å². The van der Waals surface area contributed by atoms with E-state index in [1.807, 2.05) is 46.9 Å². The number of benzene rings is 3. The van der Waals surface area contributed by atoms with Gasteiger partial charge in [-0.25, -0.2) is 9.59 Å². The van der Waals surface area contributed by atoms with Crippen LogP contribution in [0.4, 0.5) is 10.5 Å². The van der Waals surface area contributed by atoms with Gasteiger partial charge in [0.25, 0.3) is 0 Å².